The average molecular weight is 220 g/mol. The molecular weight excluding hydrogens is 204 g/mol. The molecule has 0 saturated carbocycles. The van der Waals surface area contributed by atoms with E-state index in [9.17, 15) is 9.59 Å². The number of nitrogens with one attached hydrogen (secondary N) is 2. The zero-order valence-corrected chi connectivity index (χ0v) is 9.35. The first-order valence-corrected chi connectivity index (χ1v) is 5.56. The van der Waals surface area contributed by atoms with E-state index in [1.54, 1.807) is 11.8 Å². The maximum atomic E-state index is 11.1. The number of carboxylic acid groups (broad SMARTS) is 1. The van der Waals surface area contributed by atoms with Gasteiger partial charge in [-0.25, -0.2) is 4.79 Å². The van der Waals surface area contributed by atoms with Gasteiger partial charge in [0.05, 0.1) is 0 Å². The minimum Gasteiger partial charge on any atom is -0.480 e. The summed E-state index contributed by atoms with van der Waals surface area (Å²) in [5.74, 6) is -1.04. The fraction of sp³-hybridized carbons (Fsp3) is 0.750. The minimum absolute atomic E-state index is 0.320. The predicted molar refractivity (Wildman–Crippen MR) is 56.6 cm³/mol. The Kier molecular flexibility index (Phi) is 6.11. The number of aliphatic carboxylic acids is 1. The second-order valence-electron chi connectivity index (χ2n) is 2.96. The number of carboxylic acids is 1. The predicted octanol–water partition coefficient (Wildman–Crippen LogP) is 0.510. The van der Waals surface area contributed by atoms with Crippen LogP contribution in [0, 0.1) is 0 Å². The SMILES string of the molecule is CSC(C)CNC(=O)NC(C)C(=O)O. The van der Waals surface area contributed by atoms with Crippen molar-refractivity contribution in [3.05, 3.63) is 0 Å². The molecule has 0 aromatic heterocycles. The van der Waals surface area contributed by atoms with Crippen LogP contribution >= 0.6 is 11.8 Å². The van der Waals surface area contributed by atoms with E-state index in [4.69, 9.17) is 5.11 Å². The Labute approximate surface area is 87.6 Å². The van der Waals surface area contributed by atoms with Gasteiger partial charge in [0.1, 0.15) is 6.04 Å². The summed E-state index contributed by atoms with van der Waals surface area (Å²) >= 11 is 1.63. The molecule has 0 bridgehead atoms. The normalized spacial score (nSPS) is 14.2. The molecule has 0 aliphatic rings. The number of amides is 2. The van der Waals surface area contributed by atoms with Gasteiger partial charge in [0.25, 0.3) is 0 Å². The van der Waals surface area contributed by atoms with Gasteiger partial charge in [0.2, 0.25) is 0 Å². The maximum absolute atomic E-state index is 11.1. The maximum Gasteiger partial charge on any atom is 0.325 e. The van der Waals surface area contributed by atoms with E-state index in [1.165, 1.54) is 6.92 Å². The molecule has 0 spiro atoms. The lowest BCUT2D eigenvalue weighted by Crippen LogP contribution is -2.45. The summed E-state index contributed by atoms with van der Waals surface area (Å²) in [6, 6.07) is -1.31. The summed E-state index contributed by atoms with van der Waals surface area (Å²) in [6.45, 7) is 3.92. The summed E-state index contributed by atoms with van der Waals surface area (Å²) < 4.78 is 0. The molecule has 2 amide bonds. The Morgan fingerprint density at radius 1 is 1.43 bits per heavy atom. The molecule has 0 aromatic rings. The summed E-state index contributed by atoms with van der Waals surface area (Å²) in [5.41, 5.74) is 0. The third-order valence-corrected chi connectivity index (χ3v) is 2.64. The topological polar surface area (TPSA) is 78.4 Å². The van der Waals surface area contributed by atoms with Crippen LogP contribution in [0.2, 0.25) is 0 Å². The van der Waals surface area contributed by atoms with Crippen molar-refractivity contribution in [1.29, 1.82) is 0 Å². The smallest absolute Gasteiger partial charge is 0.325 e. The zero-order chi connectivity index (χ0) is 11.1. The van der Waals surface area contributed by atoms with Crippen LogP contribution in [0.4, 0.5) is 4.79 Å². The van der Waals surface area contributed by atoms with Crippen LogP contribution in [0.1, 0.15) is 13.8 Å². The molecule has 0 rings (SSSR count). The Morgan fingerprint density at radius 2 is 2.00 bits per heavy atom. The van der Waals surface area contributed by atoms with Gasteiger partial charge in [0.15, 0.2) is 0 Å². The highest BCUT2D eigenvalue weighted by atomic mass is 32.2. The Hall–Kier alpha value is -0.910. The van der Waals surface area contributed by atoms with Gasteiger partial charge in [-0.3, -0.25) is 4.79 Å². The van der Waals surface area contributed by atoms with E-state index < -0.39 is 18.0 Å². The number of rotatable bonds is 5. The number of hydrogen-bond acceptors (Lipinski definition) is 3. The Balaban J connectivity index is 3.71. The van der Waals surface area contributed by atoms with Crippen molar-refractivity contribution in [2.24, 2.45) is 0 Å². The van der Waals surface area contributed by atoms with Crippen molar-refractivity contribution in [3.63, 3.8) is 0 Å². The van der Waals surface area contributed by atoms with Crippen LogP contribution in [0.3, 0.4) is 0 Å². The fourth-order valence-corrected chi connectivity index (χ4v) is 0.879. The van der Waals surface area contributed by atoms with Gasteiger partial charge in [-0.15, -0.1) is 0 Å². The van der Waals surface area contributed by atoms with Gasteiger partial charge in [0, 0.05) is 11.8 Å². The molecule has 0 saturated heterocycles. The first kappa shape index (κ1) is 13.1. The van der Waals surface area contributed by atoms with Crippen molar-refractivity contribution >= 4 is 23.8 Å². The lowest BCUT2D eigenvalue weighted by molar-refractivity contribution is -0.138. The molecule has 6 heteroatoms. The van der Waals surface area contributed by atoms with Crippen molar-refractivity contribution in [2.75, 3.05) is 12.8 Å². The molecule has 0 aromatic carbocycles. The molecule has 14 heavy (non-hydrogen) atoms. The van der Waals surface area contributed by atoms with Crippen molar-refractivity contribution in [2.45, 2.75) is 25.1 Å². The molecule has 0 fully saturated rings. The first-order chi connectivity index (χ1) is 6.47. The lowest BCUT2D eigenvalue weighted by atomic mass is 10.3. The van der Waals surface area contributed by atoms with Crippen LogP contribution in [0.15, 0.2) is 0 Å². The van der Waals surface area contributed by atoms with E-state index in [2.05, 4.69) is 10.6 Å². The van der Waals surface area contributed by atoms with Crippen LogP contribution in [-0.2, 0) is 4.79 Å². The van der Waals surface area contributed by atoms with E-state index in [0.29, 0.717) is 11.8 Å². The lowest BCUT2D eigenvalue weighted by Gasteiger charge is -2.12. The van der Waals surface area contributed by atoms with E-state index >= 15 is 0 Å². The molecular formula is C8H16N2O3S. The van der Waals surface area contributed by atoms with E-state index in [-0.39, 0.29) is 0 Å². The molecule has 0 aliphatic carbocycles. The summed E-state index contributed by atoms with van der Waals surface area (Å²) in [6.07, 6.45) is 1.95. The number of carbonyl (C=O) groups excluding carboxylic acids is 1. The van der Waals surface area contributed by atoms with Gasteiger partial charge in [-0.1, -0.05) is 6.92 Å². The molecule has 5 nitrogen and oxygen atoms in total. The second-order valence-corrected chi connectivity index (χ2v) is 4.24. The standard InChI is InChI=1S/C8H16N2O3S/c1-5(14-3)4-9-8(13)10-6(2)7(11)12/h5-6H,4H2,1-3H3,(H,11,12)(H2,9,10,13). The van der Waals surface area contributed by atoms with Gasteiger partial charge in [-0.05, 0) is 13.2 Å². The monoisotopic (exact) mass is 220 g/mol. The molecule has 0 aliphatic heterocycles. The molecule has 3 N–H and O–H groups in total. The highest BCUT2D eigenvalue weighted by molar-refractivity contribution is 7.99. The van der Waals surface area contributed by atoms with Crippen molar-refractivity contribution < 1.29 is 14.7 Å². The van der Waals surface area contributed by atoms with E-state index in [1.807, 2.05) is 13.2 Å². The summed E-state index contributed by atoms with van der Waals surface area (Å²) in [7, 11) is 0. The second kappa shape index (κ2) is 6.53. The van der Waals surface area contributed by atoms with Crippen molar-refractivity contribution in [1.82, 2.24) is 10.6 Å². The highest BCUT2D eigenvalue weighted by Gasteiger charge is 2.13. The number of carbonyl (C=O) groups is 2. The van der Waals surface area contributed by atoms with Crippen molar-refractivity contribution in [3.8, 4) is 0 Å². The quantitative estimate of drug-likeness (QED) is 0.631. The molecule has 2 atom stereocenters. The third kappa shape index (κ3) is 5.69. The third-order valence-electron chi connectivity index (χ3n) is 1.67. The largest absolute Gasteiger partial charge is 0.480 e. The van der Waals surface area contributed by atoms with Gasteiger partial charge < -0.3 is 15.7 Å². The number of hydrogen-bond donors (Lipinski definition) is 3. The van der Waals surface area contributed by atoms with Crippen LogP contribution in [0.25, 0.3) is 0 Å². The molecule has 2 unspecified atom stereocenters. The van der Waals surface area contributed by atoms with Crippen LogP contribution in [0.5, 0.6) is 0 Å². The summed E-state index contributed by atoms with van der Waals surface area (Å²) in [4.78, 5) is 21.5. The minimum atomic E-state index is -1.04. The fourth-order valence-electron chi connectivity index (χ4n) is 0.629. The molecule has 0 radical (unpaired) electrons. The highest BCUT2D eigenvalue weighted by Crippen LogP contribution is 2.01. The first-order valence-electron chi connectivity index (χ1n) is 4.27. The van der Waals surface area contributed by atoms with E-state index in [0.717, 1.165) is 0 Å². The van der Waals surface area contributed by atoms with Gasteiger partial charge >= 0.3 is 12.0 Å². The number of urea groups is 1. The summed E-state index contributed by atoms with van der Waals surface area (Å²) in [5, 5.41) is 13.7. The van der Waals surface area contributed by atoms with Crippen LogP contribution in [-0.4, -0.2) is 41.2 Å². The van der Waals surface area contributed by atoms with Gasteiger partial charge in [-0.2, -0.15) is 11.8 Å². The molecule has 0 heterocycles. The van der Waals surface area contributed by atoms with Crippen LogP contribution < -0.4 is 10.6 Å². The Bertz CT molecular complexity index is 211. The number of thioether (sulfide) groups is 1. The molecule has 82 valence electrons. The Morgan fingerprint density at radius 3 is 2.43 bits per heavy atom. The zero-order valence-electron chi connectivity index (χ0n) is 8.53. The average Bonchev–Trinajstić information content (AvgIpc) is 2.13.